The Hall–Kier alpha value is -1.81. The number of anilines is 1. The molecule has 1 aromatic carbocycles. The number of ether oxygens (including phenoxy) is 1. The van der Waals surface area contributed by atoms with Crippen molar-refractivity contribution in [3.05, 3.63) is 45.6 Å². The summed E-state index contributed by atoms with van der Waals surface area (Å²) < 4.78 is 5.17. The molecule has 1 aliphatic carbocycles. The molecule has 0 saturated carbocycles. The maximum atomic E-state index is 12.4. The predicted molar refractivity (Wildman–Crippen MR) is 81.9 cm³/mol. The minimum atomic E-state index is -0.00796. The van der Waals surface area contributed by atoms with Crippen LogP contribution in [0.2, 0.25) is 0 Å². The van der Waals surface area contributed by atoms with Crippen LogP contribution >= 0.6 is 11.3 Å². The molecule has 0 unspecified atom stereocenters. The van der Waals surface area contributed by atoms with Crippen LogP contribution < -0.4 is 10.1 Å². The summed E-state index contributed by atoms with van der Waals surface area (Å²) >= 11 is 1.56. The lowest BCUT2D eigenvalue weighted by molar-refractivity contribution is 0.102. The number of methoxy groups -OCH3 is 1. The number of nitrogens with one attached hydrogen (secondary N) is 1. The van der Waals surface area contributed by atoms with Crippen LogP contribution in [-0.2, 0) is 12.8 Å². The van der Waals surface area contributed by atoms with Gasteiger partial charge in [0.1, 0.15) is 5.75 Å². The largest absolute Gasteiger partial charge is 0.497 e. The van der Waals surface area contributed by atoms with Gasteiger partial charge in [0, 0.05) is 11.8 Å². The minimum Gasteiger partial charge on any atom is -0.497 e. The van der Waals surface area contributed by atoms with Crippen LogP contribution in [0, 0.1) is 0 Å². The van der Waals surface area contributed by atoms with Gasteiger partial charge in [-0.15, -0.1) is 11.3 Å². The molecule has 3 rings (SSSR count). The first-order valence-corrected chi connectivity index (χ1v) is 7.70. The molecule has 20 heavy (non-hydrogen) atoms. The predicted octanol–water partition coefficient (Wildman–Crippen LogP) is 3.89. The van der Waals surface area contributed by atoms with Crippen LogP contribution in [0.25, 0.3) is 0 Å². The fourth-order valence-electron chi connectivity index (χ4n) is 2.60. The summed E-state index contributed by atoms with van der Waals surface area (Å²) in [4.78, 5) is 13.3. The molecule has 104 valence electrons. The number of benzene rings is 1. The number of rotatable bonds is 3. The first-order valence-electron chi connectivity index (χ1n) is 6.82. The van der Waals surface area contributed by atoms with Gasteiger partial charge in [0.05, 0.1) is 12.0 Å². The molecule has 1 aromatic heterocycles. The van der Waals surface area contributed by atoms with Gasteiger partial charge in [-0.25, -0.2) is 0 Å². The van der Waals surface area contributed by atoms with Gasteiger partial charge in [0.2, 0.25) is 0 Å². The molecule has 0 spiro atoms. The Morgan fingerprint density at radius 1 is 1.30 bits per heavy atom. The van der Waals surface area contributed by atoms with E-state index in [0.29, 0.717) is 0 Å². The standard InChI is InChI=1S/C16H17NO2S/c1-19-13-7-4-6-12(9-13)17-16(18)15-14-8-3-2-5-11(14)10-20-15/h4,6-7,9-10H,2-3,5,8H2,1H3,(H,17,18). The molecule has 2 aromatic rings. The minimum absolute atomic E-state index is 0.00796. The summed E-state index contributed by atoms with van der Waals surface area (Å²) in [6.07, 6.45) is 4.56. The van der Waals surface area contributed by atoms with Crippen LogP contribution in [0.15, 0.2) is 29.6 Å². The van der Waals surface area contributed by atoms with E-state index in [2.05, 4.69) is 10.7 Å². The van der Waals surface area contributed by atoms with Gasteiger partial charge in [0.25, 0.3) is 5.91 Å². The monoisotopic (exact) mass is 287 g/mol. The van der Waals surface area contributed by atoms with Crippen molar-refractivity contribution in [2.75, 3.05) is 12.4 Å². The number of thiophene rings is 1. The number of fused-ring (bicyclic) bond motifs is 1. The molecule has 0 bridgehead atoms. The summed E-state index contributed by atoms with van der Waals surface area (Å²) in [5.41, 5.74) is 3.38. The van der Waals surface area contributed by atoms with Crippen molar-refractivity contribution < 1.29 is 9.53 Å². The van der Waals surface area contributed by atoms with E-state index < -0.39 is 0 Å². The molecule has 0 radical (unpaired) electrons. The van der Waals surface area contributed by atoms with Gasteiger partial charge in [-0.1, -0.05) is 6.07 Å². The zero-order chi connectivity index (χ0) is 13.9. The summed E-state index contributed by atoms with van der Waals surface area (Å²) in [6, 6.07) is 7.44. The van der Waals surface area contributed by atoms with Crippen LogP contribution in [0.4, 0.5) is 5.69 Å². The topological polar surface area (TPSA) is 38.3 Å². The molecule has 1 N–H and O–H groups in total. The first-order chi connectivity index (χ1) is 9.78. The molecular weight excluding hydrogens is 270 g/mol. The number of aryl methyl sites for hydroxylation is 1. The summed E-state index contributed by atoms with van der Waals surface area (Å²) in [5, 5.41) is 5.09. The van der Waals surface area contributed by atoms with Gasteiger partial charge in [-0.3, -0.25) is 4.79 Å². The third-order valence-corrected chi connectivity index (χ3v) is 4.71. The van der Waals surface area contributed by atoms with Crippen molar-refractivity contribution in [1.82, 2.24) is 0 Å². The third kappa shape index (κ3) is 2.56. The third-order valence-electron chi connectivity index (χ3n) is 3.64. The second-order valence-electron chi connectivity index (χ2n) is 4.96. The molecule has 3 nitrogen and oxygen atoms in total. The van der Waals surface area contributed by atoms with Gasteiger partial charge < -0.3 is 10.1 Å². The molecule has 1 heterocycles. The van der Waals surface area contributed by atoms with E-state index in [9.17, 15) is 4.79 Å². The fraction of sp³-hybridized carbons (Fsp3) is 0.312. The van der Waals surface area contributed by atoms with Gasteiger partial charge >= 0.3 is 0 Å². The molecule has 0 fully saturated rings. The molecule has 0 saturated heterocycles. The molecular formula is C16H17NO2S. The van der Waals surface area contributed by atoms with Crippen molar-refractivity contribution in [2.45, 2.75) is 25.7 Å². The van der Waals surface area contributed by atoms with Gasteiger partial charge in [0.15, 0.2) is 0 Å². The van der Waals surface area contributed by atoms with Crippen molar-refractivity contribution >= 4 is 22.9 Å². The average molecular weight is 287 g/mol. The Kier molecular flexibility index (Phi) is 3.74. The highest BCUT2D eigenvalue weighted by Crippen LogP contribution is 2.30. The zero-order valence-electron chi connectivity index (χ0n) is 11.4. The van der Waals surface area contributed by atoms with Crippen molar-refractivity contribution in [3.8, 4) is 5.75 Å². The average Bonchev–Trinajstić information content (AvgIpc) is 2.91. The molecule has 1 aliphatic rings. The molecule has 4 heteroatoms. The van der Waals surface area contributed by atoms with Gasteiger partial charge in [-0.05, 0) is 54.3 Å². The van der Waals surface area contributed by atoms with Crippen LogP contribution in [-0.4, -0.2) is 13.0 Å². The normalized spacial score (nSPS) is 13.7. The number of carbonyl (C=O) groups is 1. The van der Waals surface area contributed by atoms with E-state index >= 15 is 0 Å². The summed E-state index contributed by atoms with van der Waals surface area (Å²) in [5.74, 6) is 0.738. The van der Waals surface area contributed by atoms with E-state index in [-0.39, 0.29) is 5.91 Å². The molecule has 0 atom stereocenters. The quantitative estimate of drug-likeness (QED) is 0.930. The van der Waals surface area contributed by atoms with Crippen LogP contribution in [0.1, 0.15) is 33.6 Å². The smallest absolute Gasteiger partial charge is 0.266 e. The van der Waals surface area contributed by atoms with E-state index in [4.69, 9.17) is 4.74 Å². The van der Waals surface area contributed by atoms with E-state index in [1.807, 2.05) is 24.3 Å². The molecule has 1 amide bonds. The number of hydrogen-bond acceptors (Lipinski definition) is 3. The Labute approximate surface area is 122 Å². The number of amides is 1. The second-order valence-corrected chi connectivity index (χ2v) is 5.84. The maximum absolute atomic E-state index is 12.4. The van der Waals surface area contributed by atoms with Crippen LogP contribution in [0.5, 0.6) is 5.75 Å². The van der Waals surface area contributed by atoms with E-state index in [1.54, 1.807) is 18.4 Å². The lowest BCUT2D eigenvalue weighted by Crippen LogP contribution is -2.13. The fourth-order valence-corrected chi connectivity index (χ4v) is 3.65. The Morgan fingerprint density at radius 2 is 2.15 bits per heavy atom. The summed E-state index contributed by atoms with van der Waals surface area (Å²) in [6.45, 7) is 0. The Morgan fingerprint density at radius 3 is 3.00 bits per heavy atom. The molecule has 0 aliphatic heterocycles. The van der Waals surface area contributed by atoms with Crippen molar-refractivity contribution in [1.29, 1.82) is 0 Å². The van der Waals surface area contributed by atoms with Gasteiger partial charge in [-0.2, -0.15) is 0 Å². The maximum Gasteiger partial charge on any atom is 0.266 e. The number of hydrogen-bond donors (Lipinski definition) is 1. The van der Waals surface area contributed by atoms with Crippen molar-refractivity contribution in [2.24, 2.45) is 0 Å². The highest BCUT2D eigenvalue weighted by molar-refractivity contribution is 7.12. The highest BCUT2D eigenvalue weighted by Gasteiger charge is 2.20. The first kappa shape index (κ1) is 13.2. The van der Waals surface area contributed by atoms with E-state index in [1.165, 1.54) is 24.0 Å². The lowest BCUT2D eigenvalue weighted by Gasteiger charge is -2.13. The van der Waals surface area contributed by atoms with E-state index in [0.717, 1.165) is 29.2 Å². The number of carbonyl (C=O) groups excluding carboxylic acids is 1. The Balaban J connectivity index is 1.80. The zero-order valence-corrected chi connectivity index (χ0v) is 12.3. The Bertz CT molecular complexity index is 633. The lowest BCUT2D eigenvalue weighted by atomic mass is 9.94. The SMILES string of the molecule is COc1cccc(NC(=O)c2scc3c2CCCC3)c1. The highest BCUT2D eigenvalue weighted by atomic mass is 32.1. The second kappa shape index (κ2) is 5.67. The van der Waals surface area contributed by atoms with Crippen LogP contribution in [0.3, 0.4) is 0 Å². The van der Waals surface area contributed by atoms with Crippen molar-refractivity contribution in [3.63, 3.8) is 0 Å². The summed E-state index contributed by atoms with van der Waals surface area (Å²) in [7, 11) is 1.62.